The van der Waals surface area contributed by atoms with Crippen LogP contribution in [0.2, 0.25) is 0 Å². The Morgan fingerprint density at radius 3 is 2.47 bits per heavy atom. The van der Waals surface area contributed by atoms with Crippen LogP contribution in [0.15, 0.2) is 48.7 Å². The Balaban J connectivity index is 1.21. The molecule has 11 heteroatoms. The van der Waals surface area contributed by atoms with Gasteiger partial charge in [0.15, 0.2) is 5.82 Å². The number of hydrogen-bond donors (Lipinski definition) is 1. The van der Waals surface area contributed by atoms with Crippen molar-refractivity contribution in [2.45, 2.75) is 45.2 Å². The average molecular weight is 613 g/mol. The molecule has 2 amide bonds. The highest BCUT2D eigenvalue weighted by molar-refractivity contribution is 6.13. The number of amides is 2. The van der Waals surface area contributed by atoms with E-state index in [0.717, 1.165) is 64.2 Å². The molecule has 0 radical (unpaired) electrons. The molecule has 3 aliphatic rings. The van der Waals surface area contributed by atoms with Crippen LogP contribution in [0, 0.1) is 0 Å². The fourth-order valence-corrected chi connectivity index (χ4v) is 6.59. The van der Waals surface area contributed by atoms with Crippen LogP contribution in [0.1, 0.15) is 53.8 Å². The number of hydrogen-bond acceptors (Lipinski definition) is 9. The molecule has 3 aliphatic heterocycles. The number of piperidine rings is 1. The van der Waals surface area contributed by atoms with Gasteiger partial charge in [0.1, 0.15) is 11.4 Å². The maximum Gasteiger partial charge on any atom is 0.260 e. The van der Waals surface area contributed by atoms with Gasteiger partial charge in [-0.15, -0.1) is 0 Å². The van der Waals surface area contributed by atoms with Gasteiger partial charge in [0.2, 0.25) is 5.95 Å². The van der Waals surface area contributed by atoms with Crippen molar-refractivity contribution >= 4 is 40.6 Å². The lowest BCUT2D eigenvalue weighted by Crippen LogP contribution is -2.52. The van der Waals surface area contributed by atoms with E-state index in [4.69, 9.17) is 9.72 Å². The normalized spacial score (nSPS) is 18.7. The number of likely N-dealkylation sites (N-methyl/N-ethyl adjacent to an activating group) is 1. The third-order valence-electron chi connectivity index (χ3n) is 9.57. The van der Waals surface area contributed by atoms with Gasteiger partial charge in [-0.05, 0) is 63.6 Å². The van der Waals surface area contributed by atoms with Crippen molar-refractivity contribution in [3.05, 3.63) is 59.8 Å². The summed E-state index contributed by atoms with van der Waals surface area (Å²) < 4.78 is 5.73. The molecule has 0 aliphatic carbocycles. The number of carbonyl (C=O) groups is 2. The number of para-hydroxylation sites is 1. The Hall–Kier alpha value is -4.22. The van der Waals surface area contributed by atoms with Crippen LogP contribution in [-0.2, 0) is 0 Å². The minimum Gasteiger partial charge on any atom is -0.495 e. The zero-order chi connectivity index (χ0) is 31.7. The number of aromatic nitrogens is 2. The lowest BCUT2D eigenvalue weighted by atomic mass is 10.0. The second kappa shape index (κ2) is 13.0. The molecule has 0 saturated carbocycles. The number of methoxy groups -OCH3 is 1. The van der Waals surface area contributed by atoms with E-state index >= 15 is 0 Å². The van der Waals surface area contributed by atoms with Crippen LogP contribution in [0.5, 0.6) is 5.75 Å². The number of piperazine rings is 1. The first kappa shape index (κ1) is 30.8. The smallest absolute Gasteiger partial charge is 0.260 e. The molecule has 0 bridgehead atoms. The molecule has 2 aromatic carbocycles. The zero-order valence-corrected chi connectivity index (χ0v) is 27.0. The minimum atomic E-state index is -0.104. The molecule has 1 atom stereocenters. The molecule has 4 heterocycles. The van der Waals surface area contributed by atoms with Gasteiger partial charge in [0, 0.05) is 64.0 Å². The molecule has 0 spiro atoms. The number of nitrogens with zero attached hydrogens (tertiary/aromatic N) is 7. The standard InChI is InChI=1S/C34H44N8O3/c1-6-23(2)42-28-10-8-7-9-26(28)33(44)39(4)29-22-35-34(37-31(29)42)36-27-12-11-24(21-30(27)45-5)32(43)41-15-13-25(14-16-41)40-19-17-38(3)18-20-40/h7-12,21-23,25H,6,13-20H2,1-5H3,(H,35,36,37)/t23-/m0/s1. The van der Waals surface area contributed by atoms with Crippen molar-refractivity contribution < 1.29 is 14.3 Å². The number of ether oxygens (including phenoxy) is 1. The van der Waals surface area contributed by atoms with Crippen molar-refractivity contribution in [2.75, 3.05) is 75.6 Å². The predicted octanol–water partition coefficient (Wildman–Crippen LogP) is 4.61. The summed E-state index contributed by atoms with van der Waals surface area (Å²) in [6.07, 6.45) is 4.54. The highest BCUT2D eigenvalue weighted by Gasteiger charge is 2.33. The summed E-state index contributed by atoms with van der Waals surface area (Å²) >= 11 is 0. The van der Waals surface area contributed by atoms with Crippen LogP contribution in [0.4, 0.5) is 28.8 Å². The van der Waals surface area contributed by atoms with Gasteiger partial charge < -0.3 is 29.7 Å². The van der Waals surface area contributed by atoms with E-state index in [-0.39, 0.29) is 17.9 Å². The summed E-state index contributed by atoms with van der Waals surface area (Å²) in [5.41, 5.74) is 3.32. The summed E-state index contributed by atoms with van der Waals surface area (Å²) in [6.45, 7) is 10.2. The zero-order valence-electron chi connectivity index (χ0n) is 27.0. The quantitative estimate of drug-likeness (QED) is 0.410. The number of rotatable bonds is 7. The van der Waals surface area contributed by atoms with Crippen LogP contribution in [0.25, 0.3) is 0 Å². The van der Waals surface area contributed by atoms with Crippen molar-refractivity contribution in [3.8, 4) is 5.75 Å². The number of anilines is 5. The maximum atomic E-state index is 13.5. The molecule has 238 valence electrons. The molecule has 2 fully saturated rings. The third-order valence-corrected chi connectivity index (χ3v) is 9.57. The second-order valence-electron chi connectivity index (χ2n) is 12.3. The van der Waals surface area contributed by atoms with E-state index in [1.165, 1.54) is 0 Å². The van der Waals surface area contributed by atoms with Crippen molar-refractivity contribution in [1.29, 1.82) is 0 Å². The first-order valence-corrected chi connectivity index (χ1v) is 16.0. The van der Waals surface area contributed by atoms with Gasteiger partial charge in [-0.25, -0.2) is 4.98 Å². The number of nitrogens with one attached hydrogen (secondary N) is 1. The molecular formula is C34H44N8O3. The van der Waals surface area contributed by atoms with Crippen LogP contribution >= 0.6 is 0 Å². The van der Waals surface area contributed by atoms with Crippen molar-refractivity contribution in [3.63, 3.8) is 0 Å². The van der Waals surface area contributed by atoms with E-state index in [9.17, 15) is 9.59 Å². The highest BCUT2D eigenvalue weighted by Crippen LogP contribution is 2.41. The lowest BCUT2D eigenvalue weighted by Gasteiger charge is -2.42. The molecule has 0 unspecified atom stereocenters. The van der Waals surface area contributed by atoms with Crippen molar-refractivity contribution in [1.82, 2.24) is 24.7 Å². The summed E-state index contributed by atoms with van der Waals surface area (Å²) in [7, 11) is 5.52. The van der Waals surface area contributed by atoms with E-state index in [2.05, 4.69) is 45.9 Å². The van der Waals surface area contributed by atoms with Crippen LogP contribution in [0.3, 0.4) is 0 Å². The predicted molar refractivity (Wildman–Crippen MR) is 177 cm³/mol. The van der Waals surface area contributed by atoms with Crippen molar-refractivity contribution in [2.24, 2.45) is 0 Å². The molecule has 2 saturated heterocycles. The molecule has 6 rings (SSSR count). The summed E-state index contributed by atoms with van der Waals surface area (Å²) in [4.78, 5) is 47.1. The summed E-state index contributed by atoms with van der Waals surface area (Å²) in [5.74, 6) is 1.46. The molecule has 3 aromatic rings. The average Bonchev–Trinajstić information content (AvgIpc) is 3.16. The Labute approximate surface area is 265 Å². The van der Waals surface area contributed by atoms with Gasteiger partial charge >= 0.3 is 0 Å². The lowest BCUT2D eigenvalue weighted by molar-refractivity contribution is 0.0518. The minimum absolute atomic E-state index is 0.0218. The summed E-state index contributed by atoms with van der Waals surface area (Å²) in [5, 5.41) is 3.30. The molecule has 1 N–H and O–H groups in total. The summed E-state index contributed by atoms with van der Waals surface area (Å²) in [6, 6.07) is 13.7. The largest absolute Gasteiger partial charge is 0.495 e. The topological polar surface area (TPSA) is 97.4 Å². The Morgan fingerprint density at radius 2 is 1.76 bits per heavy atom. The van der Waals surface area contributed by atoms with Gasteiger partial charge in [-0.2, -0.15) is 4.98 Å². The fraction of sp³-hybridized carbons (Fsp3) is 0.471. The fourth-order valence-electron chi connectivity index (χ4n) is 6.59. The Kier molecular flexibility index (Phi) is 8.91. The first-order valence-electron chi connectivity index (χ1n) is 16.0. The van der Waals surface area contributed by atoms with Gasteiger partial charge in [-0.1, -0.05) is 19.1 Å². The second-order valence-corrected chi connectivity index (χ2v) is 12.3. The van der Waals surface area contributed by atoms with E-state index < -0.39 is 0 Å². The van der Waals surface area contributed by atoms with Gasteiger partial charge in [0.25, 0.3) is 11.8 Å². The highest BCUT2D eigenvalue weighted by atomic mass is 16.5. The van der Waals surface area contributed by atoms with Gasteiger partial charge in [0.05, 0.1) is 30.2 Å². The number of likely N-dealkylation sites (tertiary alicyclic amines) is 1. The molecule has 11 nitrogen and oxygen atoms in total. The third kappa shape index (κ3) is 6.06. The number of benzene rings is 2. The molecular weight excluding hydrogens is 568 g/mol. The van der Waals surface area contributed by atoms with E-state index in [1.807, 2.05) is 41.3 Å². The number of carbonyl (C=O) groups excluding carboxylic acids is 2. The monoisotopic (exact) mass is 612 g/mol. The maximum absolute atomic E-state index is 13.5. The first-order chi connectivity index (χ1) is 21.8. The Morgan fingerprint density at radius 1 is 1.02 bits per heavy atom. The SMILES string of the molecule is CC[C@H](C)N1c2ccccc2C(=O)N(C)c2cnc(Nc3ccc(C(=O)N4CCC(N5CCN(C)CC5)CC4)cc3OC)nc21. The van der Waals surface area contributed by atoms with E-state index in [0.29, 0.717) is 46.1 Å². The Bertz CT molecular complexity index is 1550. The van der Waals surface area contributed by atoms with Gasteiger partial charge in [-0.3, -0.25) is 14.5 Å². The van der Waals surface area contributed by atoms with Crippen LogP contribution in [-0.4, -0.2) is 109 Å². The molecule has 45 heavy (non-hydrogen) atoms. The molecule has 1 aromatic heterocycles. The van der Waals surface area contributed by atoms with E-state index in [1.54, 1.807) is 31.3 Å². The van der Waals surface area contributed by atoms with Crippen LogP contribution < -0.4 is 19.9 Å². The number of fused-ring (bicyclic) bond motifs is 2.